The van der Waals surface area contributed by atoms with Crippen LogP contribution in [0.3, 0.4) is 0 Å². The first-order valence-electron chi connectivity index (χ1n) is 9.73. The fourth-order valence-electron chi connectivity index (χ4n) is 3.49. The van der Waals surface area contributed by atoms with Crippen molar-refractivity contribution in [3.63, 3.8) is 0 Å². The van der Waals surface area contributed by atoms with Crippen molar-refractivity contribution in [2.75, 3.05) is 53.4 Å². The second-order valence-electron chi connectivity index (χ2n) is 7.55. The van der Waals surface area contributed by atoms with Gasteiger partial charge in [-0.1, -0.05) is 13.8 Å². The third kappa shape index (κ3) is 6.91. The Balaban J connectivity index is 0.00000392. The summed E-state index contributed by atoms with van der Waals surface area (Å²) in [5.74, 6) is 1.46. The molecule has 1 amide bonds. The highest BCUT2D eigenvalue weighted by Gasteiger charge is 2.19. The molecule has 2 heterocycles. The van der Waals surface area contributed by atoms with E-state index in [1.54, 1.807) is 6.92 Å². The minimum Gasteiger partial charge on any atom is -0.355 e. The highest BCUT2D eigenvalue weighted by Crippen LogP contribution is 2.18. The molecule has 28 heavy (non-hydrogen) atoms. The lowest BCUT2D eigenvalue weighted by atomic mass is 10.1. The number of nitrogens with zero attached hydrogens (tertiary/aromatic N) is 6. The second kappa shape index (κ2) is 11.6. The number of hydrogen-bond donors (Lipinski definition) is 1. The maximum atomic E-state index is 11.4. The lowest BCUT2D eigenvalue weighted by Crippen LogP contribution is -2.50. The van der Waals surface area contributed by atoms with Crippen molar-refractivity contribution in [2.45, 2.75) is 33.2 Å². The van der Waals surface area contributed by atoms with E-state index < -0.39 is 0 Å². The number of carbonyl (C=O) groups is 1. The minimum absolute atomic E-state index is 0. The van der Waals surface area contributed by atoms with Crippen molar-refractivity contribution in [1.29, 1.82) is 0 Å². The molecule has 0 bridgehead atoms. The van der Waals surface area contributed by atoms with E-state index in [4.69, 9.17) is 0 Å². The van der Waals surface area contributed by atoms with Crippen molar-refractivity contribution >= 4 is 35.8 Å². The topological polar surface area (TPSA) is 69.0 Å². The molecule has 8 nitrogen and oxygen atoms in total. The normalized spacial score (nSPS) is 15.5. The largest absolute Gasteiger partial charge is 0.355 e. The smallest absolute Gasteiger partial charge is 0.219 e. The van der Waals surface area contributed by atoms with Gasteiger partial charge in [-0.25, -0.2) is 0 Å². The molecule has 0 atom stereocenters. The Morgan fingerprint density at radius 3 is 2.50 bits per heavy atom. The summed E-state index contributed by atoms with van der Waals surface area (Å²) >= 11 is 0. The van der Waals surface area contributed by atoms with E-state index >= 15 is 0 Å². The van der Waals surface area contributed by atoms with Crippen LogP contribution < -0.4 is 5.32 Å². The summed E-state index contributed by atoms with van der Waals surface area (Å²) in [5.41, 5.74) is 2.38. The van der Waals surface area contributed by atoms with E-state index in [9.17, 15) is 4.79 Å². The van der Waals surface area contributed by atoms with Crippen molar-refractivity contribution < 1.29 is 4.79 Å². The van der Waals surface area contributed by atoms with Gasteiger partial charge < -0.3 is 15.1 Å². The van der Waals surface area contributed by atoms with Gasteiger partial charge in [0.25, 0.3) is 0 Å². The lowest BCUT2D eigenvalue weighted by Gasteiger charge is -2.34. The molecule has 0 spiro atoms. The molecule has 2 rings (SSSR count). The molecule has 160 valence electrons. The van der Waals surface area contributed by atoms with Crippen LogP contribution in [0.25, 0.3) is 0 Å². The predicted octanol–water partition coefficient (Wildman–Crippen LogP) is 1.33. The molecule has 1 saturated heterocycles. The Labute approximate surface area is 186 Å². The van der Waals surface area contributed by atoms with E-state index in [1.165, 1.54) is 5.56 Å². The van der Waals surface area contributed by atoms with Crippen LogP contribution in [0.15, 0.2) is 11.2 Å². The van der Waals surface area contributed by atoms with Gasteiger partial charge in [0.05, 0.1) is 5.69 Å². The van der Waals surface area contributed by atoms with Crippen molar-refractivity contribution in [3.8, 4) is 0 Å². The zero-order valence-electron chi connectivity index (χ0n) is 18.1. The van der Waals surface area contributed by atoms with Crippen LogP contribution in [-0.2, 0) is 18.4 Å². The van der Waals surface area contributed by atoms with Crippen LogP contribution in [0.5, 0.6) is 0 Å². The van der Waals surface area contributed by atoms with E-state index in [2.05, 4.69) is 52.3 Å². The third-order valence-corrected chi connectivity index (χ3v) is 4.99. The first-order valence-corrected chi connectivity index (χ1v) is 9.73. The van der Waals surface area contributed by atoms with Gasteiger partial charge in [0.1, 0.15) is 0 Å². The molecule has 1 aromatic rings. The molecule has 0 saturated carbocycles. The Morgan fingerprint density at radius 2 is 1.96 bits per heavy atom. The van der Waals surface area contributed by atoms with Gasteiger partial charge in [-0.3, -0.25) is 19.4 Å². The first-order chi connectivity index (χ1) is 12.8. The lowest BCUT2D eigenvalue weighted by molar-refractivity contribution is -0.130. The van der Waals surface area contributed by atoms with E-state index in [0.717, 1.165) is 57.5 Å². The highest BCUT2D eigenvalue weighted by atomic mass is 127. The summed E-state index contributed by atoms with van der Waals surface area (Å²) in [6, 6.07) is 0. The average Bonchev–Trinajstić information content (AvgIpc) is 2.99. The fourth-order valence-corrected chi connectivity index (χ4v) is 3.49. The van der Waals surface area contributed by atoms with E-state index in [1.807, 2.05) is 23.7 Å². The number of aryl methyl sites for hydroxylation is 1. The number of piperazine rings is 1. The van der Waals surface area contributed by atoms with Crippen LogP contribution >= 0.6 is 24.0 Å². The van der Waals surface area contributed by atoms with Crippen LogP contribution in [-0.4, -0.2) is 89.7 Å². The summed E-state index contributed by atoms with van der Waals surface area (Å²) in [7, 11) is 5.84. The molecule has 1 fully saturated rings. The van der Waals surface area contributed by atoms with Crippen LogP contribution in [0.1, 0.15) is 37.9 Å². The first kappa shape index (κ1) is 24.7. The van der Waals surface area contributed by atoms with Crippen LogP contribution in [0.2, 0.25) is 0 Å². The Bertz CT molecular complexity index is 651. The Hall–Kier alpha value is -1.36. The summed E-state index contributed by atoms with van der Waals surface area (Å²) < 4.78 is 1.88. The highest BCUT2D eigenvalue weighted by molar-refractivity contribution is 14.0. The molecule has 1 N–H and O–H groups in total. The molecule has 9 heteroatoms. The maximum Gasteiger partial charge on any atom is 0.219 e. The Morgan fingerprint density at radius 1 is 1.32 bits per heavy atom. The quantitative estimate of drug-likeness (QED) is 0.359. The summed E-state index contributed by atoms with van der Waals surface area (Å²) in [5, 5.41) is 8.04. The van der Waals surface area contributed by atoms with Crippen molar-refractivity contribution in [2.24, 2.45) is 12.0 Å². The van der Waals surface area contributed by atoms with Crippen LogP contribution in [0.4, 0.5) is 0 Å². The maximum absolute atomic E-state index is 11.4. The number of halogens is 1. The molecule has 0 radical (unpaired) electrons. The number of nitrogens with one attached hydrogen (secondary N) is 1. The molecule has 0 unspecified atom stereocenters. The minimum atomic E-state index is 0. The van der Waals surface area contributed by atoms with Gasteiger partial charge in [0, 0.05) is 85.6 Å². The molecule has 0 aliphatic carbocycles. The van der Waals surface area contributed by atoms with Gasteiger partial charge >= 0.3 is 0 Å². The number of amides is 1. The van der Waals surface area contributed by atoms with Gasteiger partial charge in [-0.05, 0) is 5.92 Å². The Kier molecular flexibility index (Phi) is 10.2. The van der Waals surface area contributed by atoms with E-state index in [-0.39, 0.29) is 29.9 Å². The zero-order chi connectivity index (χ0) is 20.0. The molecule has 1 aliphatic heterocycles. The zero-order valence-corrected chi connectivity index (χ0v) is 20.4. The third-order valence-electron chi connectivity index (χ3n) is 4.99. The fraction of sp³-hybridized carbons (Fsp3) is 0.737. The van der Waals surface area contributed by atoms with Crippen LogP contribution in [0, 0.1) is 0 Å². The predicted molar refractivity (Wildman–Crippen MR) is 124 cm³/mol. The standard InChI is InChI=1S/C19H35N7O.HI/c1-15(2)18-17(14-24(6)22-18)13-23(5)19(20-4)21-7-8-25-9-11-26(12-10-25)16(3)27;/h14-15H,7-13H2,1-6H3,(H,20,21);1H. The number of guanidine groups is 1. The second-order valence-corrected chi connectivity index (χ2v) is 7.55. The molecular weight excluding hydrogens is 469 g/mol. The summed E-state index contributed by atoms with van der Waals surface area (Å²) in [4.78, 5) is 22.3. The van der Waals surface area contributed by atoms with Gasteiger partial charge in [0.15, 0.2) is 5.96 Å². The molecule has 0 aromatic carbocycles. The average molecular weight is 505 g/mol. The van der Waals surface area contributed by atoms with Gasteiger partial charge in [-0.2, -0.15) is 5.10 Å². The van der Waals surface area contributed by atoms with E-state index in [0.29, 0.717) is 5.92 Å². The van der Waals surface area contributed by atoms with Gasteiger partial charge in [0.2, 0.25) is 5.91 Å². The molecular formula is C19H36IN7O. The number of rotatable bonds is 6. The van der Waals surface area contributed by atoms with Crippen molar-refractivity contribution in [3.05, 3.63) is 17.5 Å². The number of hydrogen-bond acceptors (Lipinski definition) is 4. The number of aromatic nitrogens is 2. The monoisotopic (exact) mass is 505 g/mol. The number of aliphatic imine (C=N–C) groups is 1. The SMILES string of the molecule is CN=C(NCCN1CCN(C(C)=O)CC1)N(C)Cc1cn(C)nc1C(C)C.I. The molecule has 1 aromatic heterocycles. The van der Waals surface area contributed by atoms with Crippen molar-refractivity contribution in [1.82, 2.24) is 29.8 Å². The summed E-state index contributed by atoms with van der Waals surface area (Å²) in [6.07, 6.45) is 2.09. The summed E-state index contributed by atoms with van der Waals surface area (Å²) in [6.45, 7) is 12.1. The number of carbonyl (C=O) groups excluding carboxylic acids is 1. The molecule has 1 aliphatic rings. The van der Waals surface area contributed by atoms with Gasteiger partial charge in [-0.15, -0.1) is 24.0 Å².